The van der Waals surface area contributed by atoms with Gasteiger partial charge in [-0.3, -0.25) is 5.01 Å². The first-order valence-corrected chi connectivity index (χ1v) is 8.09. The molecule has 0 aliphatic heterocycles. The van der Waals surface area contributed by atoms with Gasteiger partial charge in [-0.15, -0.1) is 18.3 Å². The molecule has 4 rings (SSSR count). The smallest absolute Gasteiger partial charge is 0.185 e. The van der Waals surface area contributed by atoms with Crippen molar-refractivity contribution in [3.8, 4) is 5.82 Å². The Morgan fingerprint density at radius 1 is 0.920 bits per heavy atom. The van der Waals surface area contributed by atoms with E-state index in [9.17, 15) is 0 Å². The van der Waals surface area contributed by atoms with Gasteiger partial charge in [0.2, 0.25) is 0 Å². The summed E-state index contributed by atoms with van der Waals surface area (Å²) < 4.78 is 1.84. The lowest BCUT2D eigenvalue weighted by atomic mass is 10.2. The van der Waals surface area contributed by atoms with E-state index in [0.29, 0.717) is 13.1 Å². The number of benzene rings is 2. The van der Waals surface area contributed by atoms with Crippen LogP contribution in [0.4, 0.5) is 0 Å². The highest BCUT2D eigenvalue weighted by Gasteiger charge is 2.19. The predicted octanol–water partition coefficient (Wildman–Crippen LogP) is 3.08. The van der Waals surface area contributed by atoms with Crippen molar-refractivity contribution in [1.82, 2.24) is 24.9 Å². The average molecular weight is 330 g/mol. The lowest BCUT2D eigenvalue weighted by Gasteiger charge is -2.23. The van der Waals surface area contributed by atoms with Gasteiger partial charge in [-0.2, -0.15) is 14.6 Å². The van der Waals surface area contributed by atoms with E-state index in [1.807, 2.05) is 75.2 Å². The number of hydrogen-bond donors (Lipinski definition) is 0. The number of para-hydroxylation sites is 1. The molecule has 6 heteroatoms. The summed E-state index contributed by atoms with van der Waals surface area (Å²) in [7, 11) is 0. The molecule has 0 aliphatic carbocycles. The van der Waals surface area contributed by atoms with Crippen molar-refractivity contribution in [2.45, 2.75) is 0 Å². The number of fused-ring (bicyclic) bond motifs is 2. The van der Waals surface area contributed by atoms with Gasteiger partial charge in [-0.05, 0) is 24.3 Å². The molecule has 0 bridgehead atoms. The molecule has 0 aliphatic rings. The van der Waals surface area contributed by atoms with Gasteiger partial charge in [0, 0.05) is 5.39 Å². The van der Waals surface area contributed by atoms with Gasteiger partial charge in [0.25, 0.3) is 0 Å². The molecule has 124 valence electrons. The molecule has 0 saturated heterocycles. The van der Waals surface area contributed by atoms with Gasteiger partial charge in [0.05, 0.1) is 24.1 Å². The third-order valence-electron chi connectivity index (χ3n) is 4.04. The Morgan fingerprint density at radius 3 is 2.36 bits per heavy atom. The summed E-state index contributed by atoms with van der Waals surface area (Å²) in [6, 6.07) is 15.9. The summed E-state index contributed by atoms with van der Waals surface area (Å²) in [5, 5.41) is 16.5. The summed E-state index contributed by atoms with van der Waals surface area (Å²) in [6.45, 7) is 8.98. The number of aromatic nitrogens is 5. The van der Waals surface area contributed by atoms with Crippen LogP contribution < -0.4 is 5.01 Å². The average Bonchev–Trinajstić information content (AvgIpc) is 3.22. The van der Waals surface area contributed by atoms with E-state index in [1.165, 1.54) is 0 Å². The number of rotatable bonds is 6. The Hall–Kier alpha value is -3.41. The molecule has 0 fully saturated rings. The molecule has 2 heterocycles. The van der Waals surface area contributed by atoms with Crippen molar-refractivity contribution in [3.63, 3.8) is 0 Å². The minimum Gasteiger partial charge on any atom is -0.287 e. The Kier molecular flexibility index (Phi) is 3.78. The predicted molar refractivity (Wildman–Crippen MR) is 101 cm³/mol. The van der Waals surface area contributed by atoms with Crippen molar-refractivity contribution < 1.29 is 0 Å². The maximum atomic E-state index is 4.77. The van der Waals surface area contributed by atoms with E-state index in [2.05, 4.69) is 23.5 Å². The Balaban J connectivity index is 2.02. The zero-order valence-corrected chi connectivity index (χ0v) is 13.8. The minimum atomic E-state index is 0.639. The third-order valence-corrected chi connectivity index (χ3v) is 4.04. The number of nitrogens with zero attached hydrogens (tertiary/aromatic N) is 6. The highest BCUT2D eigenvalue weighted by Crippen LogP contribution is 2.24. The van der Waals surface area contributed by atoms with Crippen LogP contribution in [0.2, 0.25) is 0 Å². The number of hydrogen-bond acceptors (Lipinski definition) is 4. The molecule has 0 spiro atoms. The summed E-state index contributed by atoms with van der Waals surface area (Å²) in [5.41, 5.74) is 2.68. The molecule has 0 atom stereocenters. The summed E-state index contributed by atoms with van der Waals surface area (Å²) in [6.07, 6.45) is 3.69. The van der Waals surface area contributed by atoms with Crippen molar-refractivity contribution >= 4 is 21.9 Å². The zero-order valence-electron chi connectivity index (χ0n) is 13.8. The first kappa shape index (κ1) is 15.1. The van der Waals surface area contributed by atoms with E-state index in [4.69, 9.17) is 5.10 Å². The molecule has 0 saturated carbocycles. The fourth-order valence-electron chi connectivity index (χ4n) is 2.96. The highest BCUT2D eigenvalue weighted by atomic mass is 15.7. The maximum absolute atomic E-state index is 4.77. The van der Waals surface area contributed by atoms with Crippen LogP contribution in [0.1, 0.15) is 0 Å². The molecule has 0 radical (unpaired) electrons. The van der Waals surface area contributed by atoms with Crippen LogP contribution in [0.15, 0.2) is 73.8 Å². The van der Waals surface area contributed by atoms with Crippen molar-refractivity contribution in [3.05, 3.63) is 73.8 Å². The van der Waals surface area contributed by atoms with Gasteiger partial charge in [0.1, 0.15) is 5.52 Å². The fraction of sp³-hybridized carbons (Fsp3) is 0.105. The van der Waals surface area contributed by atoms with E-state index >= 15 is 0 Å². The van der Waals surface area contributed by atoms with Crippen LogP contribution in [-0.4, -0.2) is 38.0 Å². The zero-order chi connectivity index (χ0) is 17.2. The summed E-state index contributed by atoms with van der Waals surface area (Å²) >= 11 is 0. The molecule has 0 unspecified atom stereocenters. The van der Waals surface area contributed by atoms with E-state index < -0.39 is 0 Å². The normalized spacial score (nSPS) is 11.0. The monoisotopic (exact) mass is 330 g/mol. The molecular weight excluding hydrogens is 312 g/mol. The second-order valence-corrected chi connectivity index (χ2v) is 5.67. The largest absolute Gasteiger partial charge is 0.287 e. The first-order chi connectivity index (χ1) is 12.3. The Morgan fingerprint density at radius 2 is 1.60 bits per heavy atom. The van der Waals surface area contributed by atoms with Crippen molar-refractivity contribution in [2.75, 3.05) is 18.1 Å². The molecule has 4 aromatic rings. The van der Waals surface area contributed by atoms with Gasteiger partial charge in [-0.25, -0.2) is 0 Å². The van der Waals surface area contributed by atoms with Crippen LogP contribution in [0, 0.1) is 0 Å². The van der Waals surface area contributed by atoms with Crippen molar-refractivity contribution in [1.29, 1.82) is 0 Å². The molecule has 0 N–H and O–H groups in total. The maximum Gasteiger partial charge on any atom is 0.185 e. The minimum absolute atomic E-state index is 0.639. The molecule has 2 aromatic carbocycles. The molecular formula is C19H18N6. The molecule has 0 amide bonds. The Labute approximate surface area is 145 Å². The van der Waals surface area contributed by atoms with Crippen molar-refractivity contribution in [2.24, 2.45) is 0 Å². The summed E-state index contributed by atoms with van der Waals surface area (Å²) in [5.74, 6) is 0.855. The summed E-state index contributed by atoms with van der Waals surface area (Å²) in [4.78, 5) is 1.87. The SMILES string of the molecule is C=CCN(CC=C)n1nc2ccccc2c1-n1nnc2ccccc21. The van der Waals surface area contributed by atoms with Gasteiger partial charge in [-0.1, -0.05) is 41.6 Å². The quantitative estimate of drug-likeness (QED) is 0.510. The van der Waals surface area contributed by atoms with E-state index in [1.54, 1.807) is 0 Å². The van der Waals surface area contributed by atoms with E-state index in [0.717, 1.165) is 27.8 Å². The second-order valence-electron chi connectivity index (χ2n) is 5.67. The van der Waals surface area contributed by atoms with Crippen LogP contribution in [0.5, 0.6) is 0 Å². The lowest BCUT2D eigenvalue weighted by molar-refractivity contribution is 0.567. The second kappa shape index (κ2) is 6.24. The van der Waals surface area contributed by atoms with Crippen LogP contribution in [-0.2, 0) is 0 Å². The molecule has 6 nitrogen and oxygen atoms in total. The fourth-order valence-corrected chi connectivity index (χ4v) is 2.96. The van der Waals surface area contributed by atoms with Gasteiger partial charge < -0.3 is 0 Å². The van der Waals surface area contributed by atoms with Crippen LogP contribution >= 0.6 is 0 Å². The lowest BCUT2D eigenvalue weighted by Crippen LogP contribution is -2.37. The van der Waals surface area contributed by atoms with Crippen LogP contribution in [0.25, 0.3) is 27.8 Å². The first-order valence-electron chi connectivity index (χ1n) is 8.09. The molecule has 2 aromatic heterocycles. The highest BCUT2D eigenvalue weighted by molar-refractivity contribution is 5.88. The van der Waals surface area contributed by atoms with Gasteiger partial charge in [0.15, 0.2) is 5.82 Å². The Bertz CT molecular complexity index is 1050. The van der Waals surface area contributed by atoms with E-state index in [-0.39, 0.29) is 0 Å². The van der Waals surface area contributed by atoms with Gasteiger partial charge >= 0.3 is 0 Å². The molecule has 25 heavy (non-hydrogen) atoms. The standard InChI is InChI=1S/C19H18N6/c1-3-13-23(14-4-2)25-19(15-9-5-6-10-16(15)21-25)24-18-12-8-7-11-17(18)20-22-24/h3-12H,1-2,13-14H2. The third kappa shape index (κ3) is 2.48. The topological polar surface area (TPSA) is 51.8 Å². The van der Waals surface area contributed by atoms with Crippen LogP contribution in [0.3, 0.4) is 0 Å².